The molecule has 2 rings (SSSR count). The highest BCUT2D eigenvalue weighted by Gasteiger charge is 2.16. The molecule has 7 nitrogen and oxygen atoms in total. The summed E-state index contributed by atoms with van der Waals surface area (Å²) in [6, 6.07) is 7.69. The van der Waals surface area contributed by atoms with E-state index < -0.39 is 6.10 Å². The molecule has 7 heteroatoms. The molecule has 33 heavy (non-hydrogen) atoms. The van der Waals surface area contributed by atoms with Crippen LogP contribution in [0.15, 0.2) is 66.9 Å². The van der Waals surface area contributed by atoms with Gasteiger partial charge in [-0.2, -0.15) is 0 Å². The van der Waals surface area contributed by atoms with E-state index in [0.29, 0.717) is 18.7 Å². The second-order valence-electron chi connectivity index (χ2n) is 7.16. The molecule has 178 valence electrons. The summed E-state index contributed by atoms with van der Waals surface area (Å²) >= 11 is 0. The predicted molar refractivity (Wildman–Crippen MR) is 137 cm³/mol. The second kappa shape index (κ2) is 14.7. The first-order valence-electron chi connectivity index (χ1n) is 11.2. The average molecular weight is 452 g/mol. The molecule has 0 saturated carbocycles. The van der Waals surface area contributed by atoms with Crippen LogP contribution < -0.4 is 16.4 Å². The number of carbonyl (C=O) groups excluding carboxylic acids is 1. The molecule has 0 aliphatic heterocycles. The lowest BCUT2D eigenvalue weighted by molar-refractivity contribution is 0.0959. The number of amides is 1. The standard InChI is InChI=1S/C24H31N5O2.C2H6/c1-5-7-9-17(6-2)13-20(16(3)30)27-14-18-10-8-11-19(12-18)21-15-28-23(25)22(29-21)24(31)26-4;1-2/h5-12,15-16,20,27,30H,1,13-14H2,2-4H3,(H2,25,28)(H,26,31);1-2H3/b9-7-,17-6+;. The molecule has 0 aliphatic rings. The maximum absolute atomic E-state index is 12.0. The van der Waals surface area contributed by atoms with Crippen molar-refractivity contribution >= 4 is 11.7 Å². The summed E-state index contributed by atoms with van der Waals surface area (Å²) in [5.41, 5.74) is 9.41. The third-order valence-corrected chi connectivity index (χ3v) is 4.89. The van der Waals surface area contributed by atoms with Gasteiger partial charge in [-0.25, -0.2) is 9.97 Å². The van der Waals surface area contributed by atoms with E-state index in [0.717, 1.165) is 16.7 Å². The van der Waals surface area contributed by atoms with Gasteiger partial charge in [0.15, 0.2) is 11.5 Å². The van der Waals surface area contributed by atoms with Gasteiger partial charge in [0.2, 0.25) is 0 Å². The van der Waals surface area contributed by atoms with Crippen molar-refractivity contribution in [3.8, 4) is 11.3 Å². The second-order valence-corrected chi connectivity index (χ2v) is 7.16. The Balaban J connectivity index is 0.00000265. The molecule has 0 bridgehead atoms. The van der Waals surface area contributed by atoms with Gasteiger partial charge in [-0.1, -0.05) is 68.5 Å². The molecule has 5 N–H and O–H groups in total. The smallest absolute Gasteiger partial charge is 0.273 e. The fourth-order valence-corrected chi connectivity index (χ4v) is 3.05. The molecule has 0 saturated heterocycles. The fourth-order valence-electron chi connectivity index (χ4n) is 3.05. The van der Waals surface area contributed by atoms with Crippen molar-refractivity contribution in [2.75, 3.05) is 12.8 Å². The fraction of sp³-hybridized carbons (Fsp3) is 0.346. The number of anilines is 1. The molecule has 2 aromatic rings. The van der Waals surface area contributed by atoms with Crippen molar-refractivity contribution in [1.29, 1.82) is 0 Å². The average Bonchev–Trinajstić information content (AvgIpc) is 2.84. The van der Waals surface area contributed by atoms with Gasteiger partial charge in [0.25, 0.3) is 5.91 Å². The summed E-state index contributed by atoms with van der Waals surface area (Å²) in [6.45, 7) is 12.0. The minimum Gasteiger partial charge on any atom is -0.392 e. The number of nitrogens with one attached hydrogen (secondary N) is 2. The summed E-state index contributed by atoms with van der Waals surface area (Å²) in [5.74, 6) is -0.291. The molecular weight excluding hydrogens is 414 g/mol. The molecule has 0 fully saturated rings. The van der Waals surface area contributed by atoms with Gasteiger partial charge in [-0.3, -0.25) is 4.79 Å². The number of nitrogen functional groups attached to an aromatic ring is 1. The highest BCUT2D eigenvalue weighted by atomic mass is 16.3. The molecule has 0 aliphatic carbocycles. The number of allylic oxidation sites excluding steroid dienone is 4. The predicted octanol–water partition coefficient (Wildman–Crippen LogP) is 4.03. The lowest BCUT2D eigenvalue weighted by atomic mass is 10.0. The molecule has 0 radical (unpaired) electrons. The van der Waals surface area contributed by atoms with Gasteiger partial charge in [0.05, 0.1) is 18.0 Å². The lowest BCUT2D eigenvalue weighted by Crippen LogP contribution is -2.38. The van der Waals surface area contributed by atoms with E-state index in [1.807, 2.05) is 63.3 Å². The van der Waals surface area contributed by atoms with Gasteiger partial charge in [0.1, 0.15) is 0 Å². The summed E-state index contributed by atoms with van der Waals surface area (Å²) in [4.78, 5) is 20.4. The Morgan fingerprint density at radius 3 is 2.67 bits per heavy atom. The number of nitrogens with zero attached hydrogens (tertiary/aromatic N) is 2. The van der Waals surface area contributed by atoms with Crippen molar-refractivity contribution in [1.82, 2.24) is 20.6 Å². The largest absolute Gasteiger partial charge is 0.392 e. The zero-order chi connectivity index (χ0) is 24.8. The molecule has 1 aromatic carbocycles. The lowest BCUT2D eigenvalue weighted by Gasteiger charge is -2.22. The Morgan fingerprint density at radius 1 is 1.33 bits per heavy atom. The summed E-state index contributed by atoms with van der Waals surface area (Å²) in [7, 11) is 1.52. The molecule has 1 heterocycles. The van der Waals surface area contributed by atoms with E-state index >= 15 is 0 Å². The molecule has 1 aromatic heterocycles. The highest BCUT2D eigenvalue weighted by molar-refractivity contribution is 5.96. The van der Waals surface area contributed by atoms with Gasteiger partial charge in [0, 0.05) is 25.2 Å². The van der Waals surface area contributed by atoms with Crippen molar-refractivity contribution in [2.45, 2.75) is 52.8 Å². The normalized spacial score (nSPS) is 13.1. The Kier molecular flexibility index (Phi) is 12.4. The molecular formula is C26H37N5O2. The van der Waals surface area contributed by atoms with E-state index in [9.17, 15) is 9.90 Å². The van der Waals surface area contributed by atoms with Gasteiger partial charge in [-0.15, -0.1) is 0 Å². The summed E-state index contributed by atoms with van der Waals surface area (Å²) < 4.78 is 0. The van der Waals surface area contributed by atoms with Crippen molar-refractivity contribution in [3.63, 3.8) is 0 Å². The van der Waals surface area contributed by atoms with Crippen LogP contribution in [0.25, 0.3) is 11.3 Å². The van der Waals surface area contributed by atoms with E-state index in [2.05, 4.69) is 27.2 Å². The van der Waals surface area contributed by atoms with Crippen molar-refractivity contribution in [3.05, 3.63) is 78.2 Å². The number of aliphatic hydroxyl groups excluding tert-OH is 1. The van der Waals surface area contributed by atoms with Crippen LogP contribution >= 0.6 is 0 Å². The van der Waals surface area contributed by atoms with E-state index in [1.54, 1.807) is 19.2 Å². The summed E-state index contributed by atoms with van der Waals surface area (Å²) in [6.07, 6.45) is 9.37. The number of hydrogen-bond acceptors (Lipinski definition) is 6. The van der Waals surface area contributed by atoms with Crippen LogP contribution in [0.2, 0.25) is 0 Å². The maximum atomic E-state index is 12.0. The third kappa shape index (κ3) is 8.63. The number of rotatable bonds is 10. The highest BCUT2D eigenvalue weighted by Crippen LogP contribution is 2.20. The first kappa shape index (κ1) is 27.7. The maximum Gasteiger partial charge on any atom is 0.273 e. The number of hydrogen-bond donors (Lipinski definition) is 4. The number of carbonyl (C=O) groups is 1. The Bertz CT molecular complexity index is 967. The Morgan fingerprint density at radius 2 is 2.06 bits per heavy atom. The SMILES string of the molecule is C=C/C=C\C(=C/C)CC(NCc1cccc(-c2cnc(N)c(C(=O)NC)n2)c1)C(C)O.CC. The summed E-state index contributed by atoms with van der Waals surface area (Å²) in [5, 5.41) is 16.2. The van der Waals surface area contributed by atoms with Crippen molar-refractivity contribution < 1.29 is 9.90 Å². The van der Waals surface area contributed by atoms with Crippen LogP contribution in [-0.2, 0) is 6.54 Å². The molecule has 1 amide bonds. The molecule has 0 spiro atoms. The Hall–Kier alpha value is -3.29. The monoisotopic (exact) mass is 451 g/mol. The minimum absolute atomic E-state index is 0.0889. The van der Waals surface area contributed by atoms with E-state index in [1.165, 1.54) is 7.05 Å². The molecule has 2 unspecified atom stereocenters. The topological polar surface area (TPSA) is 113 Å². The third-order valence-electron chi connectivity index (χ3n) is 4.89. The van der Waals surface area contributed by atoms with Crippen molar-refractivity contribution in [2.24, 2.45) is 0 Å². The van der Waals surface area contributed by atoms with Crippen LogP contribution in [0.4, 0.5) is 5.82 Å². The van der Waals surface area contributed by atoms with Crippen LogP contribution in [-0.4, -0.2) is 40.2 Å². The first-order chi connectivity index (χ1) is 15.9. The zero-order valence-electron chi connectivity index (χ0n) is 20.3. The van der Waals surface area contributed by atoms with Crippen LogP contribution in [0.5, 0.6) is 0 Å². The molecule has 2 atom stereocenters. The Labute approximate surface area is 197 Å². The first-order valence-corrected chi connectivity index (χ1v) is 11.2. The van der Waals surface area contributed by atoms with Crippen LogP contribution in [0.1, 0.15) is 50.2 Å². The number of aromatic nitrogens is 2. The van der Waals surface area contributed by atoms with Gasteiger partial charge < -0.3 is 21.5 Å². The van der Waals surface area contributed by atoms with E-state index in [4.69, 9.17) is 5.73 Å². The number of benzene rings is 1. The van der Waals surface area contributed by atoms with Gasteiger partial charge in [-0.05, 0) is 31.9 Å². The number of nitrogens with two attached hydrogens (primary N) is 1. The van der Waals surface area contributed by atoms with Crippen LogP contribution in [0, 0.1) is 0 Å². The van der Waals surface area contributed by atoms with Crippen LogP contribution in [0.3, 0.4) is 0 Å². The van der Waals surface area contributed by atoms with Gasteiger partial charge >= 0.3 is 0 Å². The van der Waals surface area contributed by atoms with E-state index in [-0.39, 0.29) is 23.5 Å². The minimum atomic E-state index is -0.520. The zero-order valence-corrected chi connectivity index (χ0v) is 20.3. The quantitative estimate of drug-likeness (QED) is 0.406. The number of aliphatic hydroxyl groups is 1.